The molecular weight excluding hydrogens is 442 g/mol. The first-order valence-corrected chi connectivity index (χ1v) is 12.5. The van der Waals surface area contributed by atoms with E-state index in [2.05, 4.69) is 46.6 Å². The summed E-state index contributed by atoms with van der Waals surface area (Å²) in [5.74, 6) is 0.106. The third kappa shape index (κ3) is 5.11. The van der Waals surface area contributed by atoms with Gasteiger partial charge in [-0.05, 0) is 37.6 Å². The van der Waals surface area contributed by atoms with E-state index in [0.717, 1.165) is 71.5 Å². The zero-order valence-electron chi connectivity index (χ0n) is 19.6. The second-order valence-corrected chi connectivity index (χ2v) is 9.72. The number of amides is 1. The van der Waals surface area contributed by atoms with Crippen molar-refractivity contribution in [3.05, 3.63) is 94.3 Å². The van der Waals surface area contributed by atoms with Crippen LogP contribution >= 0.6 is 11.3 Å². The van der Waals surface area contributed by atoms with Crippen molar-refractivity contribution in [3.8, 4) is 10.6 Å². The van der Waals surface area contributed by atoms with Gasteiger partial charge in [-0.2, -0.15) is 5.10 Å². The molecule has 0 spiro atoms. The van der Waals surface area contributed by atoms with Crippen LogP contribution in [0.25, 0.3) is 10.6 Å². The van der Waals surface area contributed by atoms with Crippen LogP contribution in [-0.4, -0.2) is 56.7 Å². The average molecular weight is 472 g/mol. The lowest BCUT2D eigenvalue weighted by atomic mass is 10.1. The van der Waals surface area contributed by atoms with Crippen molar-refractivity contribution < 1.29 is 4.79 Å². The van der Waals surface area contributed by atoms with Crippen LogP contribution in [0.1, 0.15) is 33.0 Å². The SMILES string of the molecule is Cc1cc(C)n(Cc2cccc(C(=O)N3CCN(Cc4csc(-c5ccccc5)n4)CC3)c2)n1. The number of benzene rings is 2. The van der Waals surface area contributed by atoms with Crippen LogP contribution in [0.2, 0.25) is 0 Å². The zero-order valence-corrected chi connectivity index (χ0v) is 20.5. The Morgan fingerprint density at radius 3 is 2.47 bits per heavy atom. The fraction of sp³-hybridized carbons (Fsp3) is 0.296. The second-order valence-electron chi connectivity index (χ2n) is 8.86. The van der Waals surface area contributed by atoms with Crippen molar-refractivity contribution in [3.63, 3.8) is 0 Å². The molecule has 1 aliphatic rings. The highest BCUT2D eigenvalue weighted by Crippen LogP contribution is 2.24. The number of carbonyl (C=O) groups excluding carboxylic acids is 1. The maximum absolute atomic E-state index is 13.2. The Bertz CT molecular complexity index is 1270. The van der Waals surface area contributed by atoms with Gasteiger partial charge in [0, 0.05) is 54.9 Å². The largest absolute Gasteiger partial charge is 0.336 e. The maximum Gasteiger partial charge on any atom is 0.253 e. The first kappa shape index (κ1) is 22.5. The quantitative estimate of drug-likeness (QED) is 0.411. The lowest BCUT2D eigenvalue weighted by molar-refractivity contribution is 0.0627. The van der Waals surface area contributed by atoms with Gasteiger partial charge < -0.3 is 4.90 Å². The molecule has 1 amide bonds. The summed E-state index contributed by atoms with van der Waals surface area (Å²) in [6.07, 6.45) is 0. The number of nitrogens with zero attached hydrogens (tertiary/aromatic N) is 5. The van der Waals surface area contributed by atoms with Gasteiger partial charge in [-0.3, -0.25) is 14.4 Å². The highest BCUT2D eigenvalue weighted by atomic mass is 32.1. The molecule has 5 rings (SSSR count). The van der Waals surface area contributed by atoms with Crippen molar-refractivity contribution >= 4 is 17.2 Å². The number of hydrogen-bond acceptors (Lipinski definition) is 5. The van der Waals surface area contributed by atoms with Gasteiger partial charge in [0.25, 0.3) is 5.91 Å². The zero-order chi connectivity index (χ0) is 23.5. The summed E-state index contributed by atoms with van der Waals surface area (Å²) in [6, 6.07) is 20.3. The minimum absolute atomic E-state index is 0.106. The third-order valence-electron chi connectivity index (χ3n) is 6.23. The fourth-order valence-corrected chi connectivity index (χ4v) is 5.24. The Morgan fingerprint density at radius 2 is 1.74 bits per heavy atom. The van der Waals surface area contributed by atoms with Crippen LogP contribution < -0.4 is 0 Å². The van der Waals surface area contributed by atoms with Gasteiger partial charge in [0.05, 0.1) is 17.9 Å². The first-order valence-electron chi connectivity index (χ1n) is 11.7. The predicted octanol–water partition coefficient (Wildman–Crippen LogP) is 4.63. The van der Waals surface area contributed by atoms with Gasteiger partial charge in [0.1, 0.15) is 5.01 Å². The van der Waals surface area contributed by atoms with Gasteiger partial charge in [0.15, 0.2) is 0 Å². The third-order valence-corrected chi connectivity index (χ3v) is 7.17. The number of aryl methyl sites for hydroxylation is 2. The van der Waals surface area contributed by atoms with E-state index in [1.54, 1.807) is 11.3 Å². The topological polar surface area (TPSA) is 54.3 Å². The van der Waals surface area contributed by atoms with E-state index in [1.807, 2.05) is 52.9 Å². The molecule has 34 heavy (non-hydrogen) atoms. The molecule has 1 saturated heterocycles. The normalized spacial score (nSPS) is 14.5. The molecule has 1 aliphatic heterocycles. The van der Waals surface area contributed by atoms with E-state index in [9.17, 15) is 4.79 Å². The molecule has 0 aliphatic carbocycles. The first-order chi connectivity index (χ1) is 16.5. The summed E-state index contributed by atoms with van der Waals surface area (Å²) in [5.41, 5.74) is 6.24. The number of piperazine rings is 1. The molecule has 3 heterocycles. The molecule has 0 N–H and O–H groups in total. The fourth-order valence-electron chi connectivity index (χ4n) is 4.42. The lowest BCUT2D eigenvalue weighted by Crippen LogP contribution is -2.48. The summed E-state index contributed by atoms with van der Waals surface area (Å²) in [6.45, 7) is 8.73. The van der Waals surface area contributed by atoms with Crippen LogP contribution in [-0.2, 0) is 13.1 Å². The molecule has 1 fully saturated rings. The molecule has 7 heteroatoms. The van der Waals surface area contributed by atoms with Crippen LogP contribution in [0.5, 0.6) is 0 Å². The summed E-state index contributed by atoms with van der Waals surface area (Å²) in [5, 5.41) is 7.75. The molecule has 0 unspecified atom stereocenters. The predicted molar refractivity (Wildman–Crippen MR) is 136 cm³/mol. The van der Waals surface area contributed by atoms with E-state index >= 15 is 0 Å². The molecule has 0 radical (unpaired) electrons. The Kier molecular flexibility index (Phi) is 6.56. The van der Waals surface area contributed by atoms with E-state index in [4.69, 9.17) is 4.98 Å². The minimum Gasteiger partial charge on any atom is -0.336 e. The molecule has 0 saturated carbocycles. The highest BCUT2D eigenvalue weighted by Gasteiger charge is 2.23. The summed E-state index contributed by atoms with van der Waals surface area (Å²) >= 11 is 1.69. The Morgan fingerprint density at radius 1 is 0.941 bits per heavy atom. The lowest BCUT2D eigenvalue weighted by Gasteiger charge is -2.34. The van der Waals surface area contributed by atoms with Crippen molar-refractivity contribution in [2.75, 3.05) is 26.2 Å². The smallest absolute Gasteiger partial charge is 0.253 e. The van der Waals surface area contributed by atoms with Crippen molar-refractivity contribution in [1.82, 2.24) is 24.6 Å². The molecule has 2 aromatic heterocycles. The molecule has 6 nitrogen and oxygen atoms in total. The van der Waals surface area contributed by atoms with E-state index in [-0.39, 0.29) is 5.91 Å². The van der Waals surface area contributed by atoms with Gasteiger partial charge in [0.2, 0.25) is 0 Å². The summed E-state index contributed by atoms with van der Waals surface area (Å²) < 4.78 is 1.99. The Labute approximate surface area is 204 Å². The van der Waals surface area contributed by atoms with Crippen LogP contribution in [0.15, 0.2) is 66.0 Å². The van der Waals surface area contributed by atoms with Crippen molar-refractivity contribution in [2.45, 2.75) is 26.9 Å². The monoisotopic (exact) mass is 471 g/mol. The molecular formula is C27H29N5OS. The number of rotatable bonds is 6. The van der Waals surface area contributed by atoms with Crippen LogP contribution in [0.4, 0.5) is 0 Å². The van der Waals surface area contributed by atoms with Crippen molar-refractivity contribution in [1.29, 1.82) is 0 Å². The molecule has 174 valence electrons. The molecule has 0 atom stereocenters. The van der Waals surface area contributed by atoms with Crippen molar-refractivity contribution in [2.24, 2.45) is 0 Å². The maximum atomic E-state index is 13.2. The average Bonchev–Trinajstić information content (AvgIpc) is 3.45. The van der Waals surface area contributed by atoms with E-state index in [0.29, 0.717) is 6.54 Å². The highest BCUT2D eigenvalue weighted by molar-refractivity contribution is 7.13. The second kappa shape index (κ2) is 9.91. The Balaban J connectivity index is 1.17. The molecule has 0 bridgehead atoms. The summed E-state index contributed by atoms with van der Waals surface area (Å²) in [7, 11) is 0. The number of thiazole rings is 1. The van der Waals surface area contributed by atoms with Gasteiger partial charge in [-0.25, -0.2) is 4.98 Å². The molecule has 4 aromatic rings. The number of carbonyl (C=O) groups is 1. The van der Waals surface area contributed by atoms with Gasteiger partial charge >= 0.3 is 0 Å². The van der Waals surface area contributed by atoms with Crippen LogP contribution in [0, 0.1) is 13.8 Å². The minimum atomic E-state index is 0.106. The number of aromatic nitrogens is 3. The standard InChI is InChI=1S/C27H29N5OS/c1-20-15-21(2)32(29-20)17-22-7-6-10-24(16-22)27(33)31-13-11-30(12-14-31)18-25-19-34-26(28-25)23-8-4-3-5-9-23/h3-10,15-16,19H,11-14,17-18H2,1-2H3. The Hall–Kier alpha value is -3.29. The van der Waals surface area contributed by atoms with Gasteiger partial charge in [-0.1, -0.05) is 42.5 Å². The number of hydrogen-bond donors (Lipinski definition) is 0. The van der Waals surface area contributed by atoms with E-state index in [1.165, 1.54) is 0 Å². The summed E-state index contributed by atoms with van der Waals surface area (Å²) in [4.78, 5) is 22.3. The van der Waals surface area contributed by atoms with Gasteiger partial charge in [-0.15, -0.1) is 11.3 Å². The molecule has 2 aromatic carbocycles. The van der Waals surface area contributed by atoms with Crippen LogP contribution in [0.3, 0.4) is 0 Å². The van der Waals surface area contributed by atoms with E-state index < -0.39 is 0 Å².